The summed E-state index contributed by atoms with van der Waals surface area (Å²) in [5, 5.41) is 0. The van der Waals surface area contributed by atoms with Crippen LogP contribution in [0, 0.1) is 6.92 Å². The lowest BCUT2D eigenvalue weighted by Gasteiger charge is -2.19. The van der Waals surface area contributed by atoms with Crippen LogP contribution in [-0.4, -0.2) is 24.9 Å². The van der Waals surface area contributed by atoms with Crippen molar-refractivity contribution in [1.29, 1.82) is 0 Å². The number of pyridine rings is 1. The van der Waals surface area contributed by atoms with Crippen LogP contribution < -0.4 is 0 Å². The molecule has 0 fully saturated rings. The number of hydrogen-bond acceptors (Lipinski definition) is 4. The highest BCUT2D eigenvalue weighted by atomic mass is 15.0. The number of imidazole rings is 1. The number of benzene rings is 1. The minimum atomic E-state index is -0.0481. The summed E-state index contributed by atoms with van der Waals surface area (Å²) in [6.45, 7) is 8.59. The summed E-state index contributed by atoms with van der Waals surface area (Å²) >= 11 is 0. The molecule has 0 aliphatic heterocycles. The summed E-state index contributed by atoms with van der Waals surface area (Å²) in [6.07, 6.45) is 4.41. The summed E-state index contributed by atoms with van der Waals surface area (Å²) in [4.78, 5) is 22.1. The van der Waals surface area contributed by atoms with Crippen molar-refractivity contribution in [3.05, 3.63) is 60.3 Å². The van der Waals surface area contributed by atoms with E-state index in [0.717, 1.165) is 51.6 Å². The molecule has 0 spiro atoms. The second-order valence-electron chi connectivity index (χ2n) is 7.47. The maximum absolute atomic E-state index is 4.99. The molecule has 0 aliphatic carbocycles. The largest absolute Gasteiger partial charge is 0.340 e. The van der Waals surface area contributed by atoms with Crippen LogP contribution in [0.4, 0.5) is 0 Å². The van der Waals surface area contributed by atoms with Gasteiger partial charge in [0.05, 0.1) is 28.1 Å². The quantitative estimate of drug-likeness (QED) is 0.553. The Hall–Kier alpha value is -3.08. The highest BCUT2D eigenvalue weighted by Gasteiger charge is 2.25. The van der Waals surface area contributed by atoms with E-state index in [0.29, 0.717) is 0 Å². The molecule has 1 aromatic carbocycles. The van der Waals surface area contributed by atoms with E-state index in [1.165, 1.54) is 0 Å². The smallest absolute Gasteiger partial charge is 0.112 e. The van der Waals surface area contributed by atoms with Crippen LogP contribution in [0.3, 0.4) is 0 Å². The van der Waals surface area contributed by atoms with Crippen LogP contribution in [0.5, 0.6) is 0 Å². The third-order valence-electron chi connectivity index (χ3n) is 5.12. The van der Waals surface area contributed by atoms with Gasteiger partial charge in [0, 0.05) is 29.1 Å². The molecular weight excluding hydrogens is 334 g/mol. The molecule has 0 aliphatic rings. The van der Waals surface area contributed by atoms with Crippen LogP contribution in [0.15, 0.2) is 48.8 Å². The maximum Gasteiger partial charge on any atom is 0.112 e. The number of aryl methyl sites for hydroxylation is 1. The van der Waals surface area contributed by atoms with E-state index in [1.807, 2.05) is 37.3 Å². The number of aromatic nitrogens is 5. The molecule has 0 saturated carbocycles. The third kappa shape index (κ3) is 3.21. The molecule has 0 saturated heterocycles. The van der Waals surface area contributed by atoms with Gasteiger partial charge in [-0.15, -0.1) is 0 Å². The number of nitrogens with zero attached hydrogens (tertiary/aromatic N) is 4. The fraction of sp³-hybridized carbons (Fsp3) is 0.273. The zero-order chi connectivity index (χ0) is 19.0. The molecular formula is C22H23N5. The topological polar surface area (TPSA) is 67.3 Å². The van der Waals surface area contributed by atoms with Crippen molar-refractivity contribution >= 4 is 11.0 Å². The highest BCUT2D eigenvalue weighted by molar-refractivity contribution is 5.84. The van der Waals surface area contributed by atoms with Crippen molar-refractivity contribution < 1.29 is 0 Å². The van der Waals surface area contributed by atoms with Gasteiger partial charge in [-0.2, -0.15) is 0 Å². The van der Waals surface area contributed by atoms with Gasteiger partial charge in [0.25, 0.3) is 0 Å². The van der Waals surface area contributed by atoms with Crippen LogP contribution in [0.25, 0.3) is 33.7 Å². The lowest BCUT2D eigenvalue weighted by atomic mass is 9.89. The minimum Gasteiger partial charge on any atom is -0.340 e. The van der Waals surface area contributed by atoms with Crippen molar-refractivity contribution in [3.63, 3.8) is 0 Å². The summed E-state index contributed by atoms with van der Waals surface area (Å²) in [5.74, 6) is 0.970. The zero-order valence-corrected chi connectivity index (χ0v) is 16.1. The summed E-state index contributed by atoms with van der Waals surface area (Å²) in [6, 6.07) is 12.1. The monoisotopic (exact) mass is 357 g/mol. The van der Waals surface area contributed by atoms with Gasteiger partial charge in [-0.3, -0.25) is 15.0 Å². The van der Waals surface area contributed by atoms with Gasteiger partial charge in [-0.25, -0.2) is 4.98 Å². The number of hydrogen-bond donors (Lipinski definition) is 1. The molecule has 0 bridgehead atoms. The molecule has 0 atom stereocenters. The fourth-order valence-electron chi connectivity index (χ4n) is 3.05. The number of aromatic amines is 1. The number of fused-ring (bicyclic) bond motifs is 1. The van der Waals surface area contributed by atoms with Gasteiger partial charge in [-0.1, -0.05) is 32.9 Å². The van der Waals surface area contributed by atoms with Gasteiger partial charge >= 0.3 is 0 Å². The Morgan fingerprint density at radius 3 is 2.48 bits per heavy atom. The molecule has 27 heavy (non-hydrogen) atoms. The highest BCUT2D eigenvalue weighted by Crippen LogP contribution is 2.34. The molecule has 5 nitrogen and oxygen atoms in total. The SMILES string of the molecule is CCC(C)(C)c1nc(-c2ccc3nccnc3c2)c(-c2cccc(C)n2)[nH]1. The van der Waals surface area contributed by atoms with Crippen LogP contribution >= 0.6 is 0 Å². The van der Waals surface area contributed by atoms with Crippen molar-refractivity contribution in [2.45, 2.75) is 39.5 Å². The predicted molar refractivity (Wildman–Crippen MR) is 108 cm³/mol. The van der Waals surface area contributed by atoms with Crippen molar-refractivity contribution in [3.8, 4) is 22.6 Å². The third-order valence-corrected chi connectivity index (χ3v) is 5.12. The van der Waals surface area contributed by atoms with Crippen molar-refractivity contribution in [2.75, 3.05) is 0 Å². The van der Waals surface area contributed by atoms with Gasteiger partial charge in [0.1, 0.15) is 5.82 Å². The molecule has 0 radical (unpaired) electrons. The average molecular weight is 357 g/mol. The Morgan fingerprint density at radius 2 is 1.74 bits per heavy atom. The Morgan fingerprint density at radius 1 is 0.963 bits per heavy atom. The Kier molecular flexibility index (Phi) is 4.22. The molecule has 4 aromatic rings. The second kappa shape index (κ2) is 6.58. The standard InChI is InChI=1S/C22H23N5/c1-5-22(3,4)21-26-19(20(27-21)17-8-6-7-14(2)25-17)15-9-10-16-18(13-15)24-12-11-23-16/h6-13H,5H2,1-4H3,(H,26,27). The van der Waals surface area contributed by atoms with Gasteiger partial charge < -0.3 is 4.98 Å². The molecule has 5 heteroatoms. The molecule has 0 unspecified atom stereocenters. The second-order valence-corrected chi connectivity index (χ2v) is 7.47. The van der Waals surface area contributed by atoms with E-state index in [1.54, 1.807) is 12.4 Å². The number of rotatable bonds is 4. The van der Waals surface area contributed by atoms with E-state index in [2.05, 4.69) is 41.8 Å². The Balaban J connectivity index is 1.94. The Bertz CT molecular complexity index is 1110. The van der Waals surface area contributed by atoms with Gasteiger partial charge in [0.15, 0.2) is 0 Å². The number of H-pyrrole nitrogens is 1. The summed E-state index contributed by atoms with van der Waals surface area (Å²) in [5.41, 5.74) is 6.42. The van der Waals surface area contributed by atoms with Crippen LogP contribution in [0.1, 0.15) is 38.7 Å². The number of nitrogens with one attached hydrogen (secondary N) is 1. The maximum atomic E-state index is 4.99. The van der Waals surface area contributed by atoms with Gasteiger partial charge in [0.2, 0.25) is 0 Å². The van der Waals surface area contributed by atoms with Gasteiger partial charge in [-0.05, 0) is 37.6 Å². The summed E-state index contributed by atoms with van der Waals surface area (Å²) < 4.78 is 0. The van der Waals surface area contributed by atoms with E-state index < -0.39 is 0 Å². The molecule has 3 heterocycles. The molecule has 0 amide bonds. The fourth-order valence-corrected chi connectivity index (χ4v) is 3.05. The Labute approximate surface area is 159 Å². The van der Waals surface area contributed by atoms with E-state index in [9.17, 15) is 0 Å². The molecule has 1 N–H and O–H groups in total. The first-order valence-corrected chi connectivity index (χ1v) is 9.23. The first-order chi connectivity index (χ1) is 13.0. The first kappa shape index (κ1) is 17.3. The van der Waals surface area contributed by atoms with E-state index >= 15 is 0 Å². The van der Waals surface area contributed by atoms with Crippen LogP contribution in [-0.2, 0) is 5.41 Å². The molecule has 136 valence electrons. The van der Waals surface area contributed by atoms with Crippen LogP contribution in [0.2, 0.25) is 0 Å². The normalized spacial score (nSPS) is 11.9. The van der Waals surface area contributed by atoms with E-state index in [4.69, 9.17) is 9.97 Å². The minimum absolute atomic E-state index is 0.0481. The predicted octanol–water partition coefficient (Wildman–Crippen LogP) is 5.08. The average Bonchev–Trinajstić information content (AvgIpc) is 3.14. The molecule has 4 rings (SSSR count). The van der Waals surface area contributed by atoms with Crippen molar-refractivity contribution in [2.24, 2.45) is 0 Å². The lowest BCUT2D eigenvalue weighted by Crippen LogP contribution is -2.17. The molecule has 3 aromatic heterocycles. The van der Waals surface area contributed by atoms with E-state index in [-0.39, 0.29) is 5.41 Å². The summed E-state index contributed by atoms with van der Waals surface area (Å²) in [7, 11) is 0. The zero-order valence-electron chi connectivity index (χ0n) is 16.1. The lowest BCUT2D eigenvalue weighted by molar-refractivity contribution is 0.478. The first-order valence-electron chi connectivity index (χ1n) is 9.23. The van der Waals surface area contributed by atoms with Crippen molar-refractivity contribution in [1.82, 2.24) is 24.9 Å².